The molecule has 0 N–H and O–H groups in total. The molecule has 1 aliphatic heterocycles. The molecule has 0 saturated carbocycles. The number of aromatic nitrogens is 2. The zero-order valence-electron chi connectivity index (χ0n) is 14.5. The van der Waals surface area contributed by atoms with E-state index in [1.807, 2.05) is 11.2 Å². The van der Waals surface area contributed by atoms with Gasteiger partial charge in [0.2, 0.25) is 5.91 Å². The van der Waals surface area contributed by atoms with Gasteiger partial charge < -0.3 is 9.47 Å². The van der Waals surface area contributed by atoms with Gasteiger partial charge in [-0.05, 0) is 62.3 Å². The van der Waals surface area contributed by atoms with Crippen LogP contribution in [0.25, 0.3) is 11.0 Å². The van der Waals surface area contributed by atoms with Gasteiger partial charge >= 0.3 is 0 Å². The molecule has 0 bridgehead atoms. The van der Waals surface area contributed by atoms with E-state index < -0.39 is 0 Å². The zero-order valence-corrected chi connectivity index (χ0v) is 14.5. The van der Waals surface area contributed by atoms with Crippen LogP contribution < -0.4 is 0 Å². The van der Waals surface area contributed by atoms with E-state index in [0.29, 0.717) is 18.2 Å². The molecule has 4 heteroatoms. The highest BCUT2D eigenvalue weighted by molar-refractivity contribution is 5.77. The van der Waals surface area contributed by atoms with Crippen LogP contribution in [-0.2, 0) is 11.3 Å². The Kier molecular flexibility index (Phi) is 4.69. The Labute approximate surface area is 138 Å². The number of benzene rings is 1. The number of carbonyl (C=O) groups excluding carboxylic acids is 1. The molecule has 0 atom stereocenters. The predicted octanol–water partition coefficient (Wildman–Crippen LogP) is 3.69. The van der Waals surface area contributed by atoms with Crippen LogP contribution in [0.1, 0.15) is 43.7 Å². The van der Waals surface area contributed by atoms with Crippen molar-refractivity contribution in [3.63, 3.8) is 0 Å². The fourth-order valence-electron chi connectivity index (χ4n) is 3.47. The lowest BCUT2D eigenvalue weighted by molar-refractivity contribution is -0.132. The van der Waals surface area contributed by atoms with E-state index >= 15 is 0 Å². The highest BCUT2D eigenvalue weighted by atomic mass is 16.2. The third-order valence-corrected chi connectivity index (χ3v) is 5.12. The van der Waals surface area contributed by atoms with Crippen LogP contribution in [0.4, 0.5) is 0 Å². The van der Waals surface area contributed by atoms with Gasteiger partial charge in [0, 0.05) is 26.1 Å². The number of piperidine rings is 1. The molecule has 0 spiro atoms. The van der Waals surface area contributed by atoms with E-state index in [4.69, 9.17) is 0 Å². The molecule has 2 heterocycles. The number of likely N-dealkylation sites (tertiary alicyclic amines) is 1. The lowest BCUT2D eigenvalue weighted by Gasteiger charge is -2.32. The molecule has 0 unspecified atom stereocenters. The van der Waals surface area contributed by atoms with E-state index in [0.717, 1.165) is 44.4 Å². The maximum atomic E-state index is 12.0. The maximum absolute atomic E-state index is 12.0. The van der Waals surface area contributed by atoms with Gasteiger partial charge in [-0.1, -0.05) is 6.92 Å². The van der Waals surface area contributed by atoms with Crippen molar-refractivity contribution in [2.45, 2.75) is 53.0 Å². The molecule has 1 aliphatic rings. The van der Waals surface area contributed by atoms with Crippen LogP contribution in [0.5, 0.6) is 0 Å². The second kappa shape index (κ2) is 6.73. The van der Waals surface area contributed by atoms with Gasteiger partial charge in [0.05, 0.1) is 17.4 Å². The third-order valence-electron chi connectivity index (χ3n) is 5.12. The van der Waals surface area contributed by atoms with Crippen LogP contribution >= 0.6 is 0 Å². The maximum Gasteiger partial charge on any atom is 0.222 e. The first-order chi connectivity index (χ1) is 11.1. The number of hydrogen-bond acceptors (Lipinski definition) is 2. The fourth-order valence-corrected chi connectivity index (χ4v) is 3.47. The Hall–Kier alpha value is -1.84. The number of nitrogens with zero attached hydrogens (tertiary/aromatic N) is 3. The number of carbonyl (C=O) groups is 1. The first-order valence-electron chi connectivity index (χ1n) is 8.78. The Bertz CT molecular complexity index is 696. The van der Waals surface area contributed by atoms with Gasteiger partial charge in [0.15, 0.2) is 0 Å². The van der Waals surface area contributed by atoms with Gasteiger partial charge in [-0.2, -0.15) is 0 Å². The topological polar surface area (TPSA) is 38.1 Å². The summed E-state index contributed by atoms with van der Waals surface area (Å²) in [6.45, 7) is 9.19. The summed E-state index contributed by atoms with van der Waals surface area (Å²) >= 11 is 0. The molecule has 3 rings (SSSR count). The summed E-state index contributed by atoms with van der Waals surface area (Å²) in [5.74, 6) is 0.963. The Morgan fingerprint density at radius 3 is 2.61 bits per heavy atom. The third kappa shape index (κ3) is 3.41. The number of amides is 1. The molecule has 124 valence electrons. The number of hydrogen-bond donors (Lipinski definition) is 0. The van der Waals surface area contributed by atoms with Crippen molar-refractivity contribution < 1.29 is 4.79 Å². The van der Waals surface area contributed by atoms with Crippen LogP contribution in [0.15, 0.2) is 18.5 Å². The lowest BCUT2D eigenvalue weighted by atomic mass is 9.96. The van der Waals surface area contributed by atoms with Gasteiger partial charge in [0.25, 0.3) is 0 Å². The summed E-state index contributed by atoms with van der Waals surface area (Å²) in [7, 11) is 0. The van der Waals surface area contributed by atoms with Crippen molar-refractivity contribution in [3.8, 4) is 0 Å². The lowest BCUT2D eigenvalue weighted by Crippen LogP contribution is -2.39. The second-order valence-electron chi connectivity index (χ2n) is 6.90. The average molecular weight is 313 g/mol. The molecule has 4 nitrogen and oxygen atoms in total. The number of aryl methyl sites for hydroxylation is 2. The quantitative estimate of drug-likeness (QED) is 0.863. The molecule has 1 aromatic heterocycles. The van der Waals surface area contributed by atoms with E-state index in [-0.39, 0.29) is 0 Å². The van der Waals surface area contributed by atoms with Gasteiger partial charge in [0.1, 0.15) is 0 Å². The molecule has 1 saturated heterocycles. The normalized spacial score (nSPS) is 16.2. The average Bonchev–Trinajstić information content (AvgIpc) is 2.91. The molecule has 2 aromatic rings. The van der Waals surface area contributed by atoms with Crippen LogP contribution in [0, 0.1) is 19.8 Å². The first-order valence-corrected chi connectivity index (χ1v) is 8.78. The predicted molar refractivity (Wildman–Crippen MR) is 93.4 cm³/mol. The number of rotatable bonds is 4. The number of fused-ring (bicyclic) bond motifs is 1. The Balaban J connectivity index is 1.65. The van der Waals surface area contributed by atoms with Crippen molar-refractivity contribution in [2.75, 3.05) is 13.1 Å². The summed E-state index contributed by atoms with van der Waals surface area (Å²) in [6, 6.07) is 4.42. The standard InChI is InChI=1S/C19H27N3O/c1-4-5-19(23)21-8-6-16(7-9-21)12-22-13-20-17-10-14(2)15(3)11-18(17)22/h10-11,13,16H,4-9,12H2,1-3H3. The monoisotopic (exact) mass is 313 g/mol. The van der Waals surface area contributed by atoms with Gasteiger partial charge in [-0.3, -0.25) is 4.79 Å². The largest absolute Gasteiger partial charge is 0.343 e. The fraction of sp³-hybridized carbons (Fsp3) is 0.579. The summed E-state index contributed by atoms with van der Waals surface area (Å²) < 4.78 is 2.29. The van der Waals surface area contributed by atoms with Gasteiger partial charge in [-0.25, -0.2) is 4.98 Å². The summed E-state index contributed by atoms with van der Waals surface area (Å²) in [5, 5.41) is 0. The highest BCUT2D eigenvalue weighted by Crippen LogP contribution is 2.24. The molecular weight excluding hydrogens is 286 g/mol. The minimum Gasteiger partial charge on any atom is -0.343 e. The molecule has 0 radical (unpaired) electrons. The zero-order chi connectivity index (χ0) is 16.4. The van der Waals surface area contributed by atoms with Gasteiger partial charge in [-0.15, -0.1) is 0 Å². The summed E-state index contributed by atoms with van der Waals surface area (Å²) in [6.07, 6.45) is 5.80. The van der Waals surface area contributed by atoms with Crippen molar-refractivity contribution in [2.24, 2.45) is 5.92 Å². The SMILES string of the molecule is CCCC(=O)N1CCC(Cn2cnc3cc(C)c(C)cc32)CC1. The van der Waals surface area contributed by atoms with Crippen molar-refractivity contribution in [1.29, 1.82) is 0 Å². The number of imidazole rings is 1. The molecule has 1 aromatic carbocycles. The van der Waals surface area contributed by atoms with Crippen molar-refractivity contribution >= 4 is 16.9 Å². The molecule has 23 heavy (non-hydrogen) atoms. The second-order valence-corrected chi connectivity index (χ2v) is 6.90. The van der Waals surface area contributed by atoms with E-state index in [9.17, 15) is 4.79 Å². The van der Waals surface area contributed by atoms with Crippen molar-refractivity contribution in [1.82, 2.24) is 14.5 Å². The first kappa shape index (κ1) is 16.0. The van der Waals surface area contributed by atoms with E-state index in [1.54, 1.807) is 0 Å². The van der Waals surface area contributed by atoms with Crippen LogP contribution in [-0.4, -0.2) is 33.4 Å². The highest BCUT2D eigenvalue weighted by Gasteiger charge is 2.22. The van der Waals surface area contributed by atoms with E-state index in [2.05, 4.69) is 42.5 Å². The summed E-state index contributed by atoms with van der Waals surface area (Å²) in [5.41, 5.74) is 4.94. The minimum atomic E-state index is 0.324. The molecular formula is C19H27N3O. The smallest absolute Gasteiger partial charge is 0.222 e. The molecule has 1 fully saturated rings. The molecule has 1 amide bonds. The summed E-state index contributed by atoms with van der Waals surface area (Å²) in [4.78, 5) is 18.6. The van der Waals surface area contributed by atoms with Crippen LogP contribution in [0.2, 0.25) is 0 Å². The Morgan fingerprint density at radius 2 is 1.91 bits per heavy atom. The van der Waals surface area contributed by atoms with E-state index in [1.165, 1.54) is 16.6 Å². The minimum absolute atomic E-state index is 0.324. The molecule has 0 aliphatic carbocycles. The van der Waals surface area contributed by atoms with Crippen molar-refractivity contribution in [3.05, 3.63) is 29.6 Å². The Morgan fingerprint density at radius 1 is 1.22 bits per heavy atom. The van der Waals surface area contributed by atoms with Crippen LogP contribution in [0.3, 0.4) is 0 Å².